The molecule has 1 aliphatic heterocycles. The molecule has 0 aromatic heterocycles. The van der Waals surface area contributed by atoms with Crippen molar-refractivity contribution in [2.75, 3.05) is 6.61 Å². The molecule has 1 amide bonds. The first kappa shape index (κ1) is 19.9. The van der Waals surface area contributed by atoms with Crippen molar-refractivity contribution >= 4 is 16.7 Å². The van der Waals surface area contributed by atoms with Crippen LogP contribution in [0.1, 0.15) is 40.6 Å². The van der Waals surface area contributed by atoms with E-state index in [-0.39, 0.29) is 23.5 Å². The highest BCUT2D eigenvalue weighted by atomic mass is 16.5. The number of rotatable bonds is 5. The van der Waals surface area contributed by atoms with Crippen molar-refractivity contribution in [2.45, 2.75) is 24.8 Å². The minimum absolute atomic E-state index is 0.0257. The first-order valence-electron chi connectivity index (χ1n) is 11.5. The molecular formula is C29H25NO3. The zero-order valence-electron chi connectivity index (χ0n) is 18.2. The SMILES string of the molecule is O=C(N[C@H](c1ccccc1)c1c(O)ccc2ccccc12)[C@@H]1CC1c1cccc2c1CCO2. The second kappa shape index (κ2) is 7.96. The molecule has 3 atom stereocenters. The quantitative estimate of drug-likeness (QED) is 0.436. The van der Waals surface area contributed by atoms with Gasteiger partial charge in [0, 0.05) is 23.5 Å². The van der Waals surface area contributed by atoms with Crippen molar-refractivity contribution in [3.05, 3.63) is 107 Å². The third kappa shape index (κ3) is 3.52. The minimum Gasteiger partial charge on any atom is -0.508 e. The fourth-order valence-corrected chi connectivity index (χ4v) is 5.23. The summed E-state index contributed by atoms with van der Waals surface area (Å²) in [6.07, 6.45) is 1.75. The largest absolute Gasteiger partial charge is 0.508 e. The van der Waals surface area contributed by atoms with Gasteiger partial charge in [-0.3, -0.25) is 4.79 Å². The van der Waals surface area contributed by atoms with E-state index in [0.717, 1.165) is 40.5 Å². The van der Waals surface area contributed by atoms with Crippen molar-refractivity contribution in [1.29, 1.82) is 0 Å². The van der Waals surface area contributed by atoms with Crippen LogP contribution >= 0.6 is 0 Å². The van der Waals surface area contributed by atoms with Crippen LogP contribution in [0.25, 0.3) is 10.8 Å². The van der Waals surface area contributed by atoms with Gasteiger partial charge >= 0.3 is 0 Å². The Hall–Kier alpha value is -3.79. The van der Waals surface area contributed by atoms with Crippen molar-refractivity contribution in [2.24, 2.45) is 5.92 Å². The highest BCUT2D eigenvalue weighted by Gasteiger charge is 2.46. The lowest BCUT2D eigenvalue weighted by atomic mass is 9.92. The Bertz CT molecular complexity index is 1350. The van der Waals surface area contributed by atoms with Crippen molar-refractivity contribution in [3.8, 4) is 11.5 Å². The highest BCUT2D eigenvalue weighted by molar-refractivity contribution is 5.90. The number of amides is 1. The smallest absolute Gasteiger partial charge is 0.224 e. The van der Waals surface area contributed by atoms with E-state index >= 15 is 0 Å². The van der Waals surface area contributed by atoms with Crippen molar-refractivity contribution in [3.63, 3.8) is 0 Å². The van der Waals surface area contributed by atoms with E-state index in [9.17, 15) is 9.90 Å². The van der Waals surface area contributed by atoms with Crippen LogP contribution in [0.4, 0.5) is 0 Å². The number of hydrogen-bond acceptors (Lipinski definition) is 3. The van der Waals surface area contributed by atoms with E-state index < -0.39 is 6.04 Å². The third-order valence-electron chi connectivity index (χ3n) is 6.96. The molecule has 33 heavy (non-hydrogen) atoms. The second-order valence-electron chi connectivity index (χ2n) is 8.94. The normalized spacial score (nSPS) is 19.5. The fraction of sp³-hybridized carbons (Fsp3) is 0.207. The maximum absolute atomic E-state index is 13.5. The van der Waals surface area contributed by atoms with Gasteiger partial charge in [0.15, 0.2) is 0 Å². The average molecular weight is 436 g/mol. The number of benzene rings is 4. The van der Waals surface area contributed by atoms with Gasteiger partial charge in [0.1, 0.15) is 11.5 Å². The number of nitrogens with one attached hydrogen (secondary N) is 1. The third-order valence-corrected chi connectivity index (χ3v) is 6.96. The Morgan fingerprint density at radius 1 is 0.939 bits per heavy atom. The number of phenolic OH excluding ortho intramolecular Hbond substituents is 1. The molecule has 0 radical (unpaired) electrons. The summed E-state index contributed by atoms with van der Waals surface area (Å²) in [6, 6.07) is 27.2. The summed E-state index contributed by atoms with van der Waals surface area (Å²) in [6.45, 7) is 0.715. The Labute approximate surface area is 192 Å². The summed E-state index contributed by atoms with van der Waals surface area (Å²) in [7, 11) is 0. The summed E-state index contributed by atoms with van der Waals surface area (Å²) in [5.74, 6) is 1.33. The Kier molecular flexibility index (Phi) is 4.79. The van der Waals surface area contributed by atoms with E-state index in [4.69, 9.17) is 4.74 Å². The predicted octanol–water partition coefficient (Wildman–Crippen LogP) is 5.49. The number of fused-ring (bicyclic) bond motifs is 2. The molecule has 1 aliphatic carbocycles. The van der Waals surface area contributed by atoms with Crippen LogP contribution in [-0.4, -0.2) is 17.6 Å². The van der Waals surface area contributed by atoms with Crippen LogP contribution in [0.3, 0.4) is 0 Å². The molecule has 1 saturated carbocycles. The Morgan fingerprint density at radius 2 is 1.76 bits per heavy atom. The van der Waals surface area contributed by atoms with Gasteiger partial charge in [-0.05, 0) is 46.4 Å². The molecule has 4 aromatic carbocycles. The van der Waals surface area contributed by atoms with Gasteiger partial charge in [-0.15, -0.1) is 0 Å². The molecule has 6 rings (SSSR count). The van der Waals surface area contributed by atoms with E-state index in [1.165, 1.54) is 11.1 Å². The number of ether oxygens (including phenoxy) is 1. The van der Waals surface area contributed by atoms with E-state index in [2.05, 4.69) is 11.4 Å². The molecule has 0 bridgehead atoms. The van der Waals surface area contributed by atoms with E-state index in [1.807, 2.05) is 72.8 Å². The summed E-state index contributed by atoms with van der Waals surface area (Å²) >= 11 is 0. The molecule has 1 heterocycles. The van der Waals surface area contributed by atoms with E-state index in [1.54, 1.807) is 6.07 Å². The first-order chi connectivity index (χ1) is 16.2. The maximum Gasteiger partial charge on any atom is 0.224 e. The molecule has 2 N–H and O–H groups in total. The predicted molar refractivity (Wildman–Crippen MR) is 129 cm³/mol. The zero-order chi connectivity index (χ0) is 22.4. The monoisotopic (exact) mass is 435 g/mol. The van der Waals surface area contributed by atoms with Gasteiger partial charge in [0.25, 0.3) is 0 Å². The molecule has 0 saturated heterocycles. The lowest BCUT2D eigenvalue weighted by Crippen LogP contribution is -2.31. The van der Waals surface area contributed by atoms with Crippen LogP contribution in [0.2, 0.25) is 0 Å². The lowest BCUT2D eigenvalue weighted by molar-refractivity contribution is -0.122. The van der Waals surface area contributed by atoms with Crippen LogP contribution in [0.5, 0.6) is 11.5 Å². The standard InChI is InChI=1S/C29H25NO3/c31-25-14-13-18-7-4-5-10-20(18)27(25)28(19-8-2-1-3-9-19)30-29(32)24-17-23(24)21-11-6-12-26-22(21)15-16-33-26/h1-14,23-24,28,31H,15-17H2,(H,30,32)/t23?,24-,28-/m1/s1. The summed E-state index contributed by atoms with van der Waals surface area (Å²) in [5.41, 5.74) is 4.18. The molecule has 0 spiro atoms. The van der Waals surface area contributed by atoms with Gasteiger partial charge in [-0.25, -0.2) is 0 Å². The molecular weight excluding hydrogens is 410 g/mol. The first-order valence-corrected chi connectivity index (χ1v) is 11.5. The second-order valence-corrected chi connectivity index (χ2v) is 8.94. The van der Waals surface area contributed by atoms with Crippen LogP contribution in [0, 0.1) is 5.92 Å². The van der Waals surface area contributed by atoms with E-state index in [0.29, 0.717) is 6.61 Å². The Morgan fingerprint density at radius 3 is 2.64 bits per heavy atom. The van der Waals surface area contributed by atoms with Gasteiger partial charge in [0.05, 0.1) is 12.6 Å². The topological polar surface area (TPSA) is 58.6 Å². The van der Waals surface area contributed by atoms with Gasteiger partial charge < -0.3 is 15.2 Å². The molecule has 4 nitrogen and oxygen atoms in total. The van der Waals surface area contributed by atoms with Gasteiger partial charge in [0.2, 0.25) is 5.91 Å². The van der Waals surface area contributed by atoms with Gasteiger partial charge in [-0.1, -0.05) is 72.8 Å². The summed E-state index contributed by atoms with van der Waals surface area (Å²) in [5, 5.41) is 16.1. The molecule has 1 unspecified atom stereocenters. The number of hydrogen-bond donors (Lipinski definition) is 2. The fourth-order valence-electron chi connectivity index (χ4n) is 5.23. The van der Waals surface area contributed by atoms with Crippen LogP contribution in [-0.2, 0) is 11.2 Å². The zero-order valence-corrected chi connectivity index (χ0v) is 18.2. The molecule has 2 aliphatic rings. The van der Waals surface area contributed by atoms with Crippen LogP contribution < -0.4 is 10.1 Å². The molecule has 4 heteroatoms. The molecule has 1 fully saturated rings. The number of aromatic hydroxyl groups is 1. The maximum atomic E-state index is 13.5. The average Bonchev–Trinajstić information content (AvgIpc) is 3.51. The Balaban J connectivity index is 1.34. The van der Waals surface area contributed by atoms with Crippen LogP contribution in [0.15, 0.2) is 84.9 Å². The molecule has 4 aromatic rings. The molecule has 164 valence electrons. The minimum atomic E-state index is -0.434. The van der Waals surface area contributed by atoms with Crippen molar-refractivity contribution < 1.29 is 14.6 Å². The lowest BCUT2D eigenvalue weighted by Gasteiger charge is -2.23. The summed E-state index contributed by atoms with van der Waals surface area (Å²) < 4.78 is 5.72. The van der Waals surface area contributed by atoms with Gasteiger partial charge in [-0.2, -0.15) is 0 Å². The number of carbonyl (C=O) groups is 1. The van der Waals surface area contributed by atoms with Crippen molar-refractivity contribution in [1.82, 2.24) is 5.32 Å². The number of phenols is 1. The highest BCUT2D eigenvalue weighted by Crippen LogP contribution is 2.51. The number of carbonyl (C=O) groups excluding carboxylic acids is 1. The summed E-state index contributed by atoms with van der Waals surface area (Å²) in [4.78, 5) is 13.5.